The third kappa shape index (κ3) is 2.63. The fourth-order valence-electron chi connectivity index (χ4n) is 2.41. The maximum atomic E-state index is 11.4. The van der Waals surface area contributed by atoms with Crippen molar-refractivity contribution >= 4 is 5.91 Å². The first-order valence-corrected chi connectivity index (χ1v) is 6.11. The molecule has 1 saturated heterocycles. The smallest absolute Gasteiger partial charge is 0.222 e. The molecule has 2 rings (SSSR count). The summed E-state index contributed by atoms with van der Waals surface area (Å²) >= 11 is 0. The third-order valence-electron chi connectivity index (χ3n) is 3.35. The van der Waals surface area contributed by atoms with Gasteiger partial charge in [-0.3, -0.25) is 9.48 Å². The van der Waals surface area contributed by atoms with Crippen LogP contribution in [0, 0.1) is 5.92 Å². The fourth-order valence-corrected chi connectivity index (χ4v) is 2.41. The number of rotatable bonds is 4. The molecule has 3 N–H and O–H groups in total. The number of carbonyl (C=O) groups is 1. The van der Waals surface area contributed by atoms with E-state index in [9.17, 15) is 4.79 Å². The largest absolute Gasteiger partial charge is 0.369 e. The van der Waals surface area contributed by atoms with Gasteiger partial charge in [-0.1, -0.05) is 0 Å². The summed E-state index contributed by atoms with van der Waals surface area (Å²) in [5.41, 5.74) is 5.44. The van der Waals surface area contributed by atoms with Crippen molar-refractivity contribution in [1.29, 1.82) is 0 Å². The predicted octanol–water partition coefficient (Wildman–Crippen LogP) is -0.306. The van der Waals surface area contributed by atoms with E-state index in [-0.39, 0.29) is 17.9 Å². The normalized spacial score (nSPS) is 24.8. The van der Waals surface area contributed by atoms with Crippen molar-refractivity contribution in [1.82, 2.24) is 20.1 Å². The topological polar surface area (TPSA) is 85.8 Å². The second-order valence-corrected chi connectivity index (χ2v) is 4.41. The maximum Gasteiger partial charge on any atom is 0.222 e. The van der Waals surface area contributed by atoms with Gasteiger partial charge in [0.2, 0.25) is 5.91 Å². The minimum atomic E-state index is -0.218. The molecule has 1 aliphatic heterocycles. The van der Waals surface area contributed by atoms with Crippen molar-refractivity contribution in [3.8, 4) is 0 Å². The van der Waals surface area contributed by atoms with E-state index >= 15 is 0 Å². The van der Waals surface area contributed by atoms with Gasteiger partial charge >= 0.3 is 0 Å². The third-order valence-corrected chi connectivity index (χ3v) is 3.35. The van der Waals surface area contributed by atoms with Crippen LogP contribution >= 0.6 is 0 Å². The minimum absolute atomic E-state index is 0.0919. The molecule has 0 spiro atoms. The summed E-state index contributed by atoms with van der Waals surface area (Å²) in [7, 11) is 0. The Kier molecular flexibility index (Phi) is 3.73. The van der Waals surface area contributed by atoms with Gasteiger partial charge in [0.05, 0.1) is 5.92 Å². The van der Waals surface area contributed by atoms with Gasteiger partial charge in [0.25, 0.3) is 0 Å². The fraction of sp³-hybridized carbons (Fsp3) is 0.727. The Morgan fingerprint density at radius 3 is 3.24 bits per heavy atom. The summed E-state index contributed by atoms with van der Waals surface area (Å²) in [6, 6.07) is 0.0933. The van der Waals surface area contributed by atoms with E-state index in [1.54, 1.807) is 6.33 Å². The van der Waals surface area contributed by atoms with Gasteiger partial charge in [0.1, 0.15) is 12.2 Å². The molecular weight excluding hydrogens is 218 g/mol. The van der Waals surface area contributed by atoms with Crippen LogP contribution in [0.3, 0.4) is 0 Å². The van der Waals surface area contributed by atoms with E-state index in [2.05, 4.69) is 15.4 Å². The summed E-state index contributed by atoms with van der Waals surface area (Å²) in [5.74, 6) is 0.605. The van der Waals surface area contributed by atoms with Crippen LogP contribution in [-0.2, 0) is 17.8 Å². The molecule has 2 unspecified atom stereocenters. The zero-order chi connectivity index (χ0) is 12.3. The SMILES string of the molecule is CCn1ncnc1CC1NCCCC1C(N)=O. The highest BCUT2D eigenvalue weighted by atomic mass is 16.1. The Hall–Kier alpha value is -1.43. The Labute approximate surface area is 101 Å². The number of hydrogen-bond acceptors (Lipinski definition) is 4. The average molecular weight is 237 g/mol. The molecule has 6 nitrogen and oxygen atoms in total. The van der Waals surface area contributed by atoms with Gasteiger partial charge in [-0.15, -0.1) is 0 Å². The van der Waals surface area contributed by atoms with Crippen LogP contribution in [0.15, 0.2) is 6.33 Å². The summed E-state index contributed by atoms with van der Waals surface area (Å²) in [6.07, 6.45) is 4.14. The number of aryl methyl sites for hydroxylation is 1. The van der Waals surface area contributed by atoms with Crippen molar-refractivity contribution in [2.45, 2.75) is 38.8 Å². The van der Waals surface area contributed by atoms with Gasteiger partial charge in [0.15, 0.2) is 0 Å². The number of amides is 1. The highest BCUT2D eigenvalue weighted by molar-refractivity contribution is 5.77. The molecule has 1 aromatic heterocycles. The van der Waals surface area contributed by atoms with Crippen LogP contribution in [0.1, 0.15) is 25.6 Å². The first-order valence-electron chi connectivity index (χ1n) is 6.11. The number of nitrogens with zero attached hydrogens (tertiary/aromatic N) is 3. The van der Waals surface area contributed by atoms with E-state index in [4.69, 9.17) is 5.73 Å². The lowest BCUT2D eigenvalue weighted by molar-refractivity contribution is -0.123. The van der Waals surface area contributed by atoms with E-state index in [1.165, 1.54) is 0 Å². The lowest BCUT2D eigenvalue weighted by atomic mass is 9.88. The number of carbonyl (C=O) groups excluding carboxylic acids is 1. The van der Waals surface area contributed by atoms with Crippen molar-refractivity contribution in [2.24, 2.45) is 11.7 Å². The second kappa shape index (κ2) is 5.27. The molecule has 0 aliphatic carbocycles. The summed E-state index contributed by atoms with van der Waals surface area (Å²) < 4.78 is 1.86. The molecule has 2 atom stereocenters. The van der Waals surface area contributed by atoms with Crippen LogP contribution in [0.2, 0.25) is 0 Å². The Bertz CT molecular complexity index is 389. The monoisotopic (exact) mass is 237 g/mol. The Balaban J connectivity index is 2.08. The molecule has 1 fully saturated rings. The minimum Gasteiger partial charge on any atom is -0.369 e. The highest BCUT2D eigenvalue weighted by Gasteiger charge is 2.30. The molecule has 2 heterocycles. The predicted molar refractivity (Wildman–Crippen MR) is 63.1 cm³/mol. The second-order valence-electron chi connectivity index (χ2n) is 4.41. The quantitative estimate of drug-likeness (QED) is 0.752. The van der Waals surface area contributed by atoms with Gasteiger partial charge < -0.3 is 11.1 Å². The summed E-state index contributed by atoms with van der Waals surface area (Å²) in [6.45, 7) is 3.76. The number of nitrogens with two attached hydrogens (primary N) is 1. The van der Waals surface area contributed by atoms with Gasteiger partial charge in [0, 0.05) is 19.0 Å². The van der Waals surface area contributed by atoms with Gasteiger partial charge in [-0.2, -0.15) is 5.10 Å². The maximum absolute atomic E-state index is 11.4. The van der Waals surface area contributed by atoms with Gasteiger partial charge in [-0.05, 0) is 26.3 Å². The first kappa shape index (κ1) is 12.0. The van der Waals surface area contributed by atoms with Crippen molar-refractivity contribution in [3.05, 3.63) is 12.2 Å². The molecule has 1 aliphatic rings. The molecule has 6 heteroatoms. The van der Waals surface area contributed by atoms with E-state index in [1.807, 2.05) is 11.6 Å². The zero-order valence-electron chi connectivity index (χ0n) is 10.1. The zero-order valence-corrected chi connectivity index (χ0v) is 10.1. The Morgan fingerprint density at radius 1 is 1.71 bits per heavy atom. The standard InChI is InChI=1S/C11H19N5O/c1-2-16-10(14-7-15-16)6-9-8(11(12)17)4-3-5-13-9/h7-9,13H,2-6H2,1H3,(H2,12,17). The molecule has 0 saturated carbocycles. The van der Waals surface area contributed by atoms with Crippen LogP contribution in [-0.4, -0.2) is 33.3 Å². The number of hydrogen-bond donors (Lipinski definition) is 2. The lowest BCUT2D eigenvalue weighted by Gasteiger charge is -2.30. The highest BCUT2D eigenvalue weighted by Crippen LogP contribution is 2.18. The van der Waals surface area contributed by atoms with E-state index in [0.717, 1.165) is 31.8 Å². The molecule has 17 heavy (non-hydrogen) atoms. The molecular formula is C11H19N5O. The molecule has 1 aromatic rings. The van der Waals surface area contributed by atoms with Gasteiger partial charge in [-0.25, -0.2) is 4.98 Å². The molecule has 0 bridgehead atoms. The van der Waals surface area contributed by atoms with E-state index in [0.29, 0.717) is 6.42 Å². The van der Waals surface area contributed by atoms with Crippen LogP contribution in [0.4, 0.5) is 0 Å². The van der Waals surface area contributed by atoms with Crippen LogP contribution in [0.25, 0.3) is 0 Å². The van der Waals surface area contributed by atoms with Crippen LogP contribution < -0.4 is 11.1 Å². The van der Waals surface area contributed by atoms with E-state index < -0.39 is 0 Å². The van der Waals surface area contributed by atoms with Crippen LogP contribution in [0.5, 0.6) is 0 Å². The van der Waals surface area contributed by atoms with Crippen molar-refractivity contribution < 1.29 is 4.79 Å². The number of nitrogens with one attached hydrogen (secondary N) is 1. The van der Waals surface area contributed by atoms with Crippen molar-refractivity contribution in [2.75, 3.05) is 6.54 Å². The Morgan fingerprint density at radius 2 is 2.53 bits per heavy atom. The number of aromatic nitrogens is 3. The van der Waals surface area contributed by atoms with Crippen molar-refractivity contribution in [3.63, 3.8) is 0 Å². The molecule has 94 valence electrons. The average Bonchev–Trinajstić information content (AvgIpc) is 2.77. The summed E-state index contributed by atoms with van der Waals surface area (Å²) in [4.78, 5) is 15.6. The summed E-state index contributed by atoms with van der Waals surface area (Å²) in [5, 5.41) is 7.49. The first-order chi connectivity index (χ1) is 8.22. The number of piperidine rings is 1. The molecule has 0 aromatic carbocycles. The number of primary amides is 1. The molecule has 1 amide bonds. The molecule has 0 radical (unpaired) electrons. The lowest BCUT2D eigenvalue weighted by Crippen LogP contribution is -2.48.